The first-order valence-electron chi connectivity index (χ1n) is 6.13. The lowest BCUT2D eigenvalue weighted by Gasteiger charge is -2.17. The molecule has 1 heterocycles. The number of halogens is 3. The summed E-state index contributed by atoms with van der Waals surface area (Å²) < 4.78 is 37.7. The van der Waals surface area contributed by atoms with Gasteiger partial charge in [0, 0.05) is 18.3 Å². The third kappa shape index (κ3) is 4.12. The average Bonchev–Trinajstić information content (AvgIpc) is 2.88. The Morgan fingerprint density at radius 1 is 1.42 bits per heavy atom. The van der Waals surface area contributed by atoms with Crippen molar-refractivity contribution in [3.63, 3.8) is 0 Å². The number of thioether (sulfide) groups is 1. The van der Waals surface area contributed by atoms with Crippen molar-refractivity contribution in [2.24, 2.45) is 0 Å². The van der Waals surface area contributed by atoms with E-state index in [0.717, 1.165) is 30.1 Å². The summed E-state index contributed by atoms with van der Waals surface area (Å²) in [4.78, 5) is 0. The molecule has 2 unspecified atom stereocenters. The van der Waals surface area contributed by atoms with Gasteiger partial charge in [-0.1, -0.05) is 12.1 Å². The van der Waals surface area contributed by atoms with E-state index < -0.39 is 17.8 Å². The van der Waals surface area contributed by atoms with Gasteiger partial charge in [0.05, 0.1) is 11.7 Å². The van der Waals surface area contributed by atoms with Crippen LogP contribution in [0.2, 0.25) is 0 Å². The summed E-state index contributed by atoms with van der Waals surface area (Å²) in [5.74, 6) is 2.09. The van der Waals surface area contributed by atoms with E-state index in [1.165, 1.54) is 12.1 Å². The van der Waals surface area contributed by atoms with Gasteiger partial charge >= 0.3 is 6.18 Å². The SMILES string of the molecule is OC(CNC1CCSC1)c1cccc(C(F)(F)F)c1. The fourth-order valence-corrected chi connectivity index (χ4v) is 3.20. The number of alkyl halides is 3. The first-order valence-corrected chi connectivity index (χ1v) is 7.28. The molecule has 2 N–H and O–H groups in total. The van der Waals surface area contributed by atoms with Gasteiger partial charge in [-0.3, -0.25) is 0 Å². The molecule has 1 saturated heterocycles. The number of aliphatic hydroxyl groups excluding tert-OH is 1. The zero-order valence-electron chi connectivity index (χ0n) is 10.3. The summed E-state index contributed by atoms with van der Waals surface area (Å²) in [6.07, 6.45) is -4.24. The molecule has 0 radical (unpaired) electrons. The van der Waals surface area contributed by atoms with Gasteiger partial charge < -0.3 is 10.4 Å². The minimum Gasteiger partial charge on any atom is -0.387 e. The first-order chi connectivity index (χ1) is 8.97. The van der Waals surface area contributed by atoms with Crippen molar-refractivity contribution in [2.45, 2.75) is 24.7 Å². The van der Waals surface area contributed by atoms with Crippen molar-refractivity contribution in [1.29, 1.82) is 0 Å². The van der Waals surface area contributed by atoms with Gasteiger partial charge in [-0.2, -0.15) is 24.9 Å². The number of nitrogens with one attached hydrogen (secondary N) is 1. The maximum atomic E-state index is 12.6. The van der Waals surface area contributed by atoms with E-state index in [9.17, 15) is 18.3 Å². The van der Waals surface area contributed by atoms with Crippen LogP contribution < -0.4 is 5.32 Å². The van der Waals surface area contributed by atoms with E-state index in [1.807, 2.05) is 11.8 Å². The van der Waals surface area contributed by atoms with Crippen molar-refractivity contribution in [2.75, 3.05) is 18.1 Å². The van der Waals surface area contributed by atoms with Gasteiger partial charge in [-0.25, -0.2) is 0 Å². The van der Waals surface area contributed by atoms with Crippen LogP contribution in [0, 0.1) is 0 Å². The number of rotatable bonds is 4. The lowest BCUT2D eigenvalue weighted by atomic mass is 10.1. The van der Waals surface area contributed by atoms with Crippen LogP contribution in [0.5, 0.6) is 0 Å². The number of benzene rings is 1. The zero-order chi connectivity index (χ0) is 13.9. The molecule has 1 fully saturated rings. The van der Waals surface area contributed by atoms with Crippen molar-refractivity contribution < 1.29 is 18.3 Å². The lowest BCUT2D eigenvalue weighted by molar-refractivity contribution is -0.137. The predicted molar refractivity (Wildman–Crippen MR) is 70.1 cm³/mol. The maximum Gasteiger partial charge on any atom is 0.416 e. The molecule has 1 aliphatic rings. The van der Waals surface area contributed by atoms with Crippen LogP contribution in [0.25, 0.3) is 0 Å². The summed E-state index contributed by atoms with van der Waals surface area (Å²) >= 11 is 1.84. The number of aliphatic hydroxyl groups is 1. The molecule has 0 saturated carbocycles. The quantitative estimate of drug-likeness (QED) is 0.894. The second kappa shape index (κ2) is 6.15. The molecule has 1 aromatic rings. The molecule has 0 aliphatic carbocycles. The Balaban J connectivity index is 1.96. The normalized spacial score (nSPS) is 21.6. The van der Waals surface area contributed by atoms with Gasteiger partial charge in [0.1, 0.15) is 0 Å². The highest BCUT2D eigenvalue weighted by Crippen LogP contribution is 2.30. The van der Waals surface area contributed by atoms with E-state index in [0.29, 0.717) is 11.6 Å². The predicted octanol–water partition coefficient (Wildman–Crippen LogP) is 2.83. The minimum atomic E-state index is -4.37. The van der Waals surface area contributed by atoms with Gasteiger partial charge in [0.2, 0.25) is 0 Å². The molecule has 2 nitrogen and oxygen atoms in total. The highest BCUT2D eigenvalue weighted by atomic mass is 32.2. The van der Waals surface area contributed by atoms with Crippen LogP contribution in [0.3, 0.4) is 0 Å². The summed E-state index contributed by atoms with van der Waals surface area (Å²) in [6, 6.07) is 5.22. The molecule has 6 heteroatoms. The molecule has 2 rings (SSSR count). The Bertz CT molecular complexity index is 419. The average molecular weight is 291 g/mol. The van der Waals surface area contributed by atoms with Crippen molar-refractivity contribution >= 4 is 11.8 Å². The van der Waals surface area contributed by atoms with Crippen LogP contribution in [0.15, 0.2) is 24.3 Å². The largest absolute Gasteiger partial charge is 0.416 e. The Morgan fingerprint density at radius 3 is 2.84 bits per heavy atom. The Hall–Kier alpha value is -0.720. The Labute approximate surface area is 114 Å². The van der Waals surface area contributed by atoms with Gasteiger partial charge in [-0.15, -0.1) is 0 Å². The van der Waals surface area contributed by atoms with Crippen LogP contribution in [0.4, 0.5) is 13.2 Å². The first kappa shape index (κ1) is 14.7. The van der Waals surface area contributed by atoms with Crippen LogP contribution in [0.1, 0.15) is 23.7 Å². The van der Waals surface area contributed by atoms with Crippen molar-refractivity contribution in [3.05, 3.63) is 35.4 Å². The Kier molecular flexibility index (Phi) is 4.76. The van der Waals surface area contributed by atoms with Crippen LogP contribution >= 0.6 is 11.8 Å². The number of hydrogen-bond donors (Lipinski definition) is 2. The third-order valence-electron chi connectivity index (χ3n) is 3.13. The monoisotopic (exact) mass is 291 g/mol. The smallest absolute Gasteiger partial charge is 0.387 e. The van der Waals surface area contributed by atoms with E-state index in [2.05, 4.69) is 5.32 Å². The lowest BCUT2D eigenvalue weighted by Crippen LogP contribution is -2.32. The van der Waals surface area contributed by atoms with Crippen LogP contribution in [-0.4, -0.2) is 29.2 Å². The second-order valence-corrected chi connectivity index (χ2v) is 5.76. The molecule has 106 valence electrons. The van der Waals surface area contributed by atoms with Gasteiger partial charge in [-0.05, 0) is 29.9 Å². The summed E-state index contributed by atoms with van der Waals surface area (Å²) in [5, 5.41) is 13.1. The molecular formula is C13H16F3NOS. The summed E-state index contributed by atoms with van der Waals surface area (Å²) in [7, 11) is 0. The molecule has 0 bridgehead atoms. The molecule has 0 spiro atoms. The summed E-state index contributed by atoms with van der Waals surface area (Å²) in [6.45, 7) is 0.284. The molecule has 19 heavy (non-hydrogen) atoms. The molecule has 1 aliphatic heterocycles. The number of hydrogen-bond acceptors (Lipinski definition) is 3. The Morgan fingerprint density at radius 2 is 2.21 bits per heavy atom. The van der Waals surface area contributed by atoms with Crippen molar-refractivity contribution in [3.8, 4) is 0 Å². The molecular weight excluding hydrogens is 275 g/mol. The van der Waals surface area contributed by atoms with Crippen LogP contribution in [-0.2, 0) is 6.18 Å². The molecule has 2 atom stereocenters. The van der Waals surface area contributed by atoms with E-state index in [-0.39, 0.29) is 6.54 Å². The van der Waals surface area contributed by atoms with Gasteiger partial charge in [0.15, 0.2) is 0 Å². The zero-order valence-corrected chi connectivity index (χ0v) is 11.1. The van der Waals surface area contributed by atoms with E-state index in [4.69, 9.17) is 0 Å². The fraction of sp³-hybridized carbons (Fsp3) is 0.538. The highest BCUT2D eigenvalue weighted by molar-refractivity contribution is 7.99. The second-order valence-electron chi connectivity index (χ2n) is 4.61. The standard InChI is InChI=1S/C13H16F3NOS/c14-13(15,16)10-3-1-2-9(6-10)12(18)7-17-11-4-5-19-8-11/h1-3,6,11-12,17-18H,4-5,7-8H2. The molecule has 0 amide bonds. The minimum absolute atomic E-state index is 0.284. The fourth-order valence-electron chi connectivity index (χ4n) is 2.01. The van der Waals surface area contributed by atoms with E-state index in [1.54, 1.807) is 0 Å². The maximum absolute atomic E-state index is 12.6. The highest BCUT2D eigenvalue weighted by Gasteiger charge is 2.30. The molecule has 1 aromatic carbocycles. The van der Waals surface area contributed by atoms with E-state index >= 15 is 0 Å². The van der Waals surface area contributed by atoms with Crippen molar-refractivity contribution in [1.82, 2.24) is 5.32 Å². The topological polar surface area (TPSA) is 32.3 Å². The third-order valence-corrected chi connectivity index (χ3v) is 4.29. The molecule has 0 aromatic heterocycles. The summed E-state index contributed by atoms with van der Waals surface area (Å²) in [5.41, 5.74) is -0.423. The van der Waals surface area contributed by atoms with Gasteiger partial charge in [0.25, 0.3) is 0 Å².